The molecule has 9 nitrogen and oxygen atoms in total. The van der Waals surface area contributed by atoms with Crippen LogP contribution in [0.4, 0.5) is 9.59 Å². The SMILES string of the molecule is C=CCOC(=O)N(CC1(c2noc(C3CC4(CCN(C(=O)OC(C)(C)C)CC4)C3)n2)CC1)[C@H]1C[C@@H]1c1ccccc1. The number of carbonyl (C=O) groups is 2. The molecule has 0 bridgehead atoms. The van der Waals surface area contributed by atoms with Crippen LogP contribution in [0.2, 0.25) is 0 Å². The molecule has 41 heavy (non-hydrogen) atoms. The Bertz CT molecular complexity index is 1260. The second-order valence-electron chi connectivity index (χ2n) is 13.6. The van der Waals surface area contributed by atoms with E-state index in [0.29, 0.717) is 24.2 Å². The van der Waals surface area contributed by atoms with Gasteiger partial charge >= 0.3 is 12.2 Å². The van der Waals surface area contributed by atoms with Crippen LogP contribution >= 0.6 is 0 Å². The first-order chi connectivity index (χ1) is 19.6. The van der Waals surface area contributed by atoms with Crippen LogP contribution in [0.5, 0.6) is 0 Å². The average molecular weight is 563 g/mol. The third-order valence-electron chi connectivity index (χ3n) is 9.37. The standard InChI is InChI=1S/C32H42N4O5/c1-5-17-39-29(38)36(25-18-24(25)22-9-7-6-8-10-22)21-32(11-12-32)27-33-26(41-34-27)23-19-31(20-23)13-15-35(16-14-31)28(37)40-30(2,3)4/h5-10,23-25H,1,11-21H2,2-4H3/t24-,25+/m1/s1. The molecule has 4 fully saturated rings. The fourth-order valence-corrected chi connectivity index (χ4v) is 6.72. The van der Waals surface area contributed by atoms with E-state index in [1.54, 1.807) is 6.08 Å². The van der Waals surface area contributed by atoms with Gasteiger partial charge in [-0.2, -0.15) is 4.98 Å². The maximum absolute atomic E-state index is 13.1. The molecule has 3 saturated carbocycles. The maximum atomic E-state index is 13.1. The lowest BCUT2D eigenvalue weighted by Crippen LogP contribution is -2.49. The van der Waals surface area contributed by atoms with Gasteiger partial charge < -0.3 is 23.8 Å². The summed E-state index contributed by atoms with van der Waals surface area (Å²) in [5.74, 6) is 1.99. The molecule has 2 amide bonds. The number of rotatable bonds is 8. The number of nitrogens with zero attached hydrogens (tertiary/aromatic N) is 4. The van der Waals surface area contributed by atoms with Crippen LogP contribution in [0.1, 0.15) is 94.8 Å². The number of hydrogen-bond acceptors (Lipinski definition) is 7. The van der Waals surface area contributed by atoms with Crippen LogP contribution in [0, 0.1) is 5.41 Å². The molecule has 0 unspecified atom stereocenters. The van der Waals surface area contributed by atoms with Gasteiger partial charge in [-0.1, -0.05) is 48.1 Å². The molecule has 0 radical (unpaired) electrons. The Kier molecular flexibility index (Phi) is 7.10. The summed E-state index contributed by atoms with van der Waals surface area (Å²) < 4.78 is 16.9. The van der Waals surface area contributed by atoms with Crippen molar-refractivity contribution in [3.05, 3.63) is 60.3 Å². The van der Waals surface area contributed by atoms with Crippen LogP contribution in [0.25, 0.3) is 0 Å². The van der Waals surface area contributed by atoms with Gasteiger partial charge in [0.1, 0.15) is 12.2 Å². The quantitative estimate of drug-likeness (QED) is 0.355. The summed E-state index contributed by atoms with van der Waals surface area (Å²) in [5, 5.41) is 4.44. The molecule has 1 saturated heterocycles. The van der Waals surface area contributed by atoms with Crippen LogP contribution < -0.4 is 0 Å². The summed E-state index contributed by atoms with van der Waals surface area (Å²) in [4.78, 5) is 34.2. The number of benzene rings is 1. The lowest BCUT2D eigenvalue weighted by Gasteiger charge is -2.51. The highest BCUT2D eigenvalue weighted by molar-refractivity contribution is 5.69. The Morgan fingerprint density at radius 1 is 1.15 bits per heavy atom. The van der Waals surface area contributed by atoms with Crippen molar-refractivity contribution in [3.8, 4) is 0 Å². The number of likely N-dealkylation sites (tertiary alicyclic amines) is 1. The fourth-order valence-electron chi connectivity index (χ4n) is 6.72. The Labute approximate surface area is 242 Å². The van der Waals surface area contributed by atoms with Gasteiger partial charge in [0.2, 0.25) is 5.89 Å². The number of aromatic nitrogens is 2. The molecule has 1 aliphatic heterocycles. The lowest BCUT2D eigenvalue weighted by molar-refractivity contribution is -0.0161. The zero-order chi connectivity index (χ0) is 28.8. The van der Waals surface area contributed by atoms with Crippen LogP contribution in [-0.4, -0.2) is 70.0 Å². The van der Waals surface area contributed by atoms with E-state index in [-0.39, 0.29) is 41.6 Å². The van der Waals surface area contributed by atoms with Crippen LogP contribution in [-0.2, 0) is 14.9 Å². The molecule has 1 aromatic carbocycles. The maximum Gasteiger partial charge on any atom is 0.410 e. The summed E-state index contributed by atoms with van der Waals surface area (Å²) >= 11 is 0. The minimum Gasteiger partial charge on any atom is -0.445 e. The van der Waals surface area contributed by atoms with E-state index >= 15 is 0 Å². The van der Waals surface area contributed by atoms with E-state index in [2.05, 4.69) is 23.9 Å². The molecule has 6 rings (SSSR count). The normalized spacial score (nSPS) is 24.3. The van der Waals surface area contributed by atoms with Crippen molar-refractivity contribution in [2.75, 3.05) is 26.2 Å². The third kappa shape index (κ3) is 5.86. The Hall–Kier alpha value is -3.36. The van der Waals surface area contributed by atoms with Crippen molar-refractivity contribution in [3.63, 3.8) is 0 Å². The van der Waals surface area contributed by atoms with E-state index in [1.165, 1.54) is 5.56 Å². The molecular formula is C32H42N4O5. The number of ether oxygens (including phenoxy) is 2. The second kappa shape index (κ2) is 10.5. The van der Waals surface area contributed by atoms with Gasteiger partial charge in [0, 0.05) is 37.5 Å². The van der Waals surface area contributed by atoms with Gasteiger partial charge in [-0.15, -0.1) is 0 Å². The smallest absolute Gasteiger partial charge is 0.410 e. The topological polar surface area (TPSA) is 98.0 Å². The predicted octanol–water partition coefficient (Wildman–Crippen LogP) is 6.18. The van der Waals surface area contributed by atoms with E-state index < -0.39 is 5.60 Å². The minimum absolute atomic E-state index is 0.108. The first-order valence-electron chi connectivity index (χ1n) is 15.0. The van der Waals surface area contributed by atoms with Crippen LogP contribution in [0.15, 0.2) is 47.5 Å². The van der Waals surface area contributed by atoms with Crippen LogP contribution in [0.3, 0.4) is 0 Å². The van der Waals surface area contributed by atoms with E-state index in [0.717, 1.165) is 58.0 Å². The van der Waals surface area contributed by atoms with E-state index in [1.807, 2.05) is 48.8 Å². The molecule has 4 aliphatic rings. The molecule has 9 heteroatoms. The fraction of sp³-hybridized carbons (Fsp3) is 0.625. The van der Waals surface area contributed by atoms with Gasteiger partial charge in [0.15, 0.2) is 5.82 Å². The molecule has 220 valence electrons. The van der Waals surface area contributed by atoms with Gasteiger partial charge in [-0.25, -0.2) is 9.59 Å². The summed E-state index contributed by atoms with van der Waals surface area (Å²) in [6.07, 6.45) is 7.81. The Morgan fingerprint density at radius 2 is 1.85 bits per heavy atom. The number of piperidine rings is 1. The zero-order valence-electron chi connectivity index (χ0n) is 24.5. The molecule has 1 spiro atoms. The lowest BCUT2D eigenvalue weighted by atomic mass is 9.57. The largest absolute Gasteiger partial charge is 0.445 e. The average Bonchev–Trinajstić information content (AvgIpc) is 3.85. The Balaban J connectivity index is 1.07. The predicted molar refractivity (Wildman–Crippen MR) is 152 cm³/mol. The first kappa shape index (κ1) is 27.8. The summed E-state index contributed by atoms with van der Waals surface area (Å²) in [5.41, 5.74) is 0.729. The Morgan fingerprint density at radius 3 is 2.49 bits per heavy atom. The highest BCUT2D eigenvalue weighted by Crippen LogP contribution is 2.57. The number of hydrogen-bond donors (Lipinski definition) is 0. The van der Waals surface area contributed by atoms with Crippen molar-refractivity contribution in [1.82, 2.24) is 19.9 Å². The number of carbonyl (C=O) groups excluding carboxylic acids is 2. The molecule has 2 aromatic rings. The van der Waals surface area contributed by atoms with E-state index in [9.17, 15) is 9.59 Å². The van der Waals surface area contributed by atoms with Gasteiger partial charge in [-0.05, 0) is 76.7 Å². The van der Waals surface area contributed by atoms with Gasteiger partial charge in [0.05, 0.1) is 5.41 Å². The van der Waals surface area contributed by atoms with E-state index in [4.69, 9.17) is 19.0 Å². The summed E-state index contributed by atoms with van der Waals surface area (Å²) in [6.45, 7) is 11.6. The second-order valence-corrected chi connectivity index (χ2v) is 13.6. The van der Waals surface area contributed by atoms with Gasteiger partial charge in [0.25, 0.3) is 0 Å². The molecule has 2 heterocycles. The highest BCUT2D eigenvalue weighted by atomic mass is 16.6. The zero-order valence-corrected chi connectivity index (χ0v) is 24.5. The van der Waals surface area contributed by atoms with Gasteiger partial charge in [-0.3, -0.25) is 0 Å². The minimum atomic E-state index is -0.479. The molecule has 1 aromatic heterocycles. The molecule has 2 atom stereocenters. The first-order valence-corrected chi connectivity index (χ1v) is 15.0. The van der Waals surface area contributed by atoms with Crippen molar-refractivity contribution in [1.29, 1.82) is 0 Å². The summed E-state index contributed by atoms with van der Waals surface area (Å²) in [6, 6.07) is 10.5. The highest BCUT2D eigenvalue weighted by Gasteiger charge is 2.56. The van der Waals surface area contributed by atoms with Crippen molar-refractivity contribution >= 4 is 12.2 Å². The molecule has 0 N–H and O–H groups in total. The monoisotopic (exact) mass is 562 g/mol. The molecule has 3 aliphatic carbocycles. The number of amides is 2. The summed E-state index contributed by atoms with van der Waals surface area (Å²) in [7, 11) is 0. The molecular weight excluding hydrogens is 520 g/mol. The third-order valence-corrected chi connectivity index (χ3v) is 9.37. The van der Waals surface area contributed by atoms with Crippen molar-refractivity contribution in [2.45, 2.75) is 94.6 Å². The van der Waals surface area contributed by atoms with Crippen molar-refractivity contribution < 1.29 is 23.6 Å². The van der Waals surface area contributed by atoms with Crippen molar-refractivity contribution in [2.24, 2.45) is 5.41 Å².